The first-order valence-corrected chi connectivity index (χ1v) is 8.05. The third-order valence-electron chi connectivity index (χ3n) is 3.91. The van der Waals surface area contributed by atoms with Crippen LogP contribution in [0.2, 0.25) is 0 Å². The Morgan fingerprint density at radius 3 is 2.50 bits per heavy atom. The summed E-state index contributed by atoms with van der Waals surface area (Å²) in [4.78, 5) is 25.2. The molecule has 3 nitrogen and oxygen atoms in total. The monoisotopic (exact) mass is 312 g/mol. The molecular weight excluding hydrogens is 296 g/mol. The fraction of sp³-hybridized carbons (Fsp3) is 0.222. The number of Topliss-reactive ketones (excluding diaryl/α,β-unsaturated/α-hetero) is 1. The van der Waals surface area contributed by atoms with Crippen LogP contribution in [0.3, 0.4) is 0 Å². The number of methoxy groups -OCH3 is 1. The maximum absolute atomic E-state index is 12.8. The van der Waals surface area contributed by atoms with Crippen LogP contribution in [0.1, 0.15) is 21.5 Å². The number of hydrogen-bond acceptors (Lipinski definition) is 4. The molecule has 2 aromatic rings. The Morgan fingerprint density at radius 2 is 1.82 bits per heavy atom. The molecule has 3 rings (SSSR count). The molecule has 1 unspecified atom stereocenters. The van der Waals surface area contributed by atoms with Crippen LogP contribution in [0.4, 0.5) is 0 Å². The predicted octanol–water partition coefficient (Wildman–Crippen LogP) is 3.27. The minimum absolute atomic E-state index is 0.143. The van der Waals surface area contributed by atoms with Crippen molar-refractivity contribution in [2.45, 2.75) is 16.9 Å². The number of ether oxygens (including phenoxy) is 1. The molecule has 0 fully saturated rings. The number of thioether (sulfide) groups is 1. The Hall–Kier alpha value is -2.07. The van der Waals surface area contributed by atoms with E-state index in [2.05, 4.69) is 0 Å². The first kappa shape index (κ1) is 14.9. The normalized spacial score (nSPS) is 19.8. The predicted molar refractivity (Wildman–Crippen MR) is 87.0 cm³/mol. The second kappa shape index (κ2) is 5.97. The Balaban J connectivity index is 1.91. The van der Waals surface area contributed by atoms with Crippen LogP contribution in [-0.4, -0.2) is 23.6 Å². The van der Waals surface area contributed by atoms with Gasteiger partial charge in [0, 0.05) is 17.7 Å². The lowest BCUT2D eigenvalue weighted by atomic mass is 10.0. The van der Waals surface area contributed by atoms with Gasteiger partial charge in [-0.05, 0) is 11.1 Å². The standard InChI is InChI=1S/C18H16O3S/c1-21-17(20)18(22-12-13-7-3-2-4-8-13)11-14-9-5-6-10-15(14)16(18)19/h2-10H,11-12H2,1H3. The fourth-order valence-corrected chi connectivity index (χ4v) is 4.05. The van der Waals surface area contributed by atoms with E-state index >= 15 is 0 Å². The zero-order chi connectivity index (χ0) is 15.6. The van der Waals surface area contributed by atoms with E-state index in [1.807, 2.05) is 48.5 Å². The van der Waals surface area contributed by atoms with Gasteiger partial charge in [-0.25, -0.2) is 0 Å². The molecule has 0 aliphatic heterocycles. The van der Waals surface area contributed by atoms with Gasteiger partial charge in [-0.3, -0.25) is 9.59 Å². The van der Waals surface area contributed by atoms with Gasteiger partial charge in [0.25, 0.3) is 0 Å². The molecule has 0 aromatic heterocycles. The minimum Gasteiger partial charge on any atom is -0.468 e. The summed E-state index contributed by atoms with van der Waals surface area (Å²) in [5.41, 5.74) is 2.63. The molecular formula is C18H16O3S. The molecule has 22 heavy (non-hydrogen) atoms. The number of rotatable bonds is 4. The lowest BCUT2D eigenvalue weighted by molar-refractivity contribution is -0.141. The van der Waals surface area contributed by atoms with Crippen LogP contribution < -0.4 is 0 Å². The minimum atomic E-state index is -1.16. The van der Waals surface area contributed by atoms with E-state index in [0.29, 0.717) is 17.7 Å². The molecule has 0 bridgehead atoms. The maximum Gasteiger partial charge on any atom is 0.330 e. The van der Waals surface area contributed by atoms with Gasteiger partial charge in [0.1, 0.15) is 0 Å². The van der Waals surface area contributed by atoms with E-state index in [4.69, 9.17) is 4.74 Å². The van der Waals surface area contributed by atoms with Gasteiger partial charge in [0.15, 0.2) is 10.5 Å². The molecule has 2 aromatic carbocycles. The van der Waals surface area contributed by atoms with Crippen LogP contribution in [-0.2, 0) is 21.7 Å². The smallest absolute Gasteiger partial charge is 0.330 e. The average molecular weight is 312 g/mol. The van der Waals surface area contributed by atoms with Crippen molar-refractivity contribution in [3.05, 3.63) is 71.3 Å². The van der Waals surface area contributed by atoms with E-state index < -0.39 is 10.7 Å². The second-order valence-electron chi connectivity index (χ2n) is 5.26. The maximum atomic E-state index is 12.8. The summed E-state index contributed by atoms with van der Waals surface area (Å²) in [6.45, 7) is 0. The molecule has 1 atom stereocenters. The average Bonchev–Trinajstić information content (AvgIpc) is 2.87. The number of fused-ring (bicyclic) bond motifs is 1. The summed E-state index contributed by atoms with van der Waals surface area (Å²) in [7, 11) is 1.34. The number of benzene rings is 2. The van der Waals surface area contributed by atoms with Gasteiger partial charge in [-0.15, -0.1) is 11.8 Å². The van der Waals surface area contributed by atoms with Crippen molar-refractivity contribution in [2.24, 2.45) is 0 Å². The Kier molecular flexibility index (Phi) is 4.03. The Labute approximate surface area is 133 Å². The largest absolute Gasteiger partial charge is 0.468 e. The van der Waals surface area contributed by atoms with E-state index in [1.54, 1.807) is 6.07 Å². The summed E-state index contributed by atoms with van der Waals surface area (Å²) in [6, 6.07) is 17.2. The topological polar surface area (TPSA) is 43.4 Å². The summed E-state index contributed by atoms with van der Waals surface area (Å²) < 4.78 is 3.79. The molecule has 0 amide bonds. The van der Waals surface area contributed by atoms with Crippen LogP contribution >= 0.6 is 11.8 Å². The van der Waals surface area contributed by atoms with Crippen molar-refractivity contribution in [1.29, 1.82) is 0 Å². The highest BCUT2D eigenvalue weighted by molar-refractivity contribution is 8.01. The van der Waals surface area contributed by atoms with Gasteiger partial charge < -0.3 is 4.74 Å². The third kappa shape index (κ3) is 2.44. The summed E-state index contributed by atoms with van der Waals surface area (Å²) in [5, 5.41) is 0. The SMILES string of the molecule is COC(=O)C1(SCc2ccccc2)Cc2ccccc2C1=O. The number of carbonyl (C=O) groups excluding carboxylic acids is 2. The third-order valence-corrected chi connectivity index (χ3v) is 5.38. The second-order valence-corrected chi connectivity index (χ2v) is 6.53. The summed E-state index contributed by atoms with van der Waals surface area (Å²) in [6.07, 6.45) is 0.395. The molecule has 112 valence electrons. The lowest BCUT2D eigenvalue weighted by Crippen LogP contribution is -2.42. The molecule has 1 aliphatic rings. The molecule has 0 N–H and O–H groups in total. The van der Waals surface area contributed by atoms with Gasteiger partial charge >= 0.3 is 5.97 Å². The molecule has 0 heterocycles. The van der Waals surface area contributed by atoms with Crippen molar-refractivity contribution in [3.63, 3.8) is 0 Å². The van der Waals surface area contributed by atoms with Crippen LogP contribution in [0.25, 0.3) is 0 Å². The molecule has 4 heteroatoms. The Morgan fingerprint density at radius 1 is 1.14 bits per heavy atom. The Bertz CT molecular complexity index is 711. The van der Waals surface area contributed by atoms with Crippen molar-refractivity contribution >= 4 is 23.5 Å². The quantitative estimate of drug-likeness (QED) is 0.642. The van der Waals surface area contributed by atoms with Gasteiger partial charge in [-0.2, -0.15) is 0 Å². The highest BCUT2D eigenvalue weighted by Gasteiger charge is 2.52. The van der Waals surface area contributed by atoms with Crippen molar-refractivity contribution in [1.82, 2.24) is 0 Å². The first-order chi connectivity index (χ1) is 10.7. The van der Waals surface area contributed by atoms with Gasteiger partial charge in [0.2, 0.25) is 0 Å². The highest BCUT2D eigenvalue weighted by atomic mass is 32.2. The molecule has 0 saturated carbocycles. The lowest BCUT2D eigenvalue weighted by Gasteiger charge is -2.23. The molecule has 0 saturated heterocycles. The van der Waals surface area contributed by atoms with Crippen molar-refractivity contribution < 1.29 is 14.3 Å². The number of esters is 1. The van der Waals surface area contributed by atoms with Crippen LogP contribution in [0.15, 0.2) is 54.6 Å². The van der Waals surface area contributed by atoms with Crippen molar-refractivity contribution in [3.8, 4) is 0 Å². The first-order valence-electron chi connectivity index (χ1n) is 7.06. The zero-order valence-corrected chi connectivity index (χ0v) is 13.1. The fourth-order valence-electron chi connectivity index (χ4n) is 2.75. The number of ketones is 1. The van der Waals surface area contributed by atoms with Gasteiger partial charge in [-0.1, -0.05) is 54.6 Å². The van der Waals surface area contributed by atoms with E-state index in [1.165, 1.54) is 18.9 Å². The van der Waals surface area contributed by atoms with E-state index in [9.17, 15) is 9.59 Å². The summed E-state index contributed by atoms with van der Waals surface area (Å²) in [5.74, 6) is -0.0131. The van der Waals surface area contributed by atoms with E-state index in [-0.39, 0.29) is 5.78 Å². The highest BCUT2D eigenvalue weighted by Crippen LogP contribution is 2.42. The van der Waals surface area contributed by atoms with Crippen LogP contribution in [0.5, 0.6) is 0 Å². The van der Waals surface area contributed by atoms with Crippen LogP contribution in [0, 0.1) is 0 Å². The molecule has 0 spiro atoms. The van der Waals surface area contributed by atoms with Gasteiger partial charge in [0.05, 0.1) is 7.11 Å². The molecule has 1 aliphatic carbocycles. The number of hydrogen-bond donors (Lipinski definition) is 0. The molecule has 0 radical (unpaired) electrons. The van der Waals surface area contributed by atoms with Crippen molar-refractivity contribution in [2.75, 3.05) is 7.11 Å². The number of carbonyl (C=O) groups is 2. The van der Waals surface area contributed by atoms with E-state index in [0.717, 1.165) is 11.1 Å². The zero-order valence-electron chi connectivity index (χ0n) is 12.2. The summed E-state index contributed by atoms with van der Waals surface area (Å²) >= 11 is 1.36.